The van der Waals surface area contributed by atoms with Crippen LogP contribution in [0.4, 0.5) is 0 Å². The van der Waals surface area contributed by atoms with Crippen LogP contribution in [0.3, 0.4) is 0 Å². The van der Waals surface area contributed by atoms with Crippen molar-refractivity contribution in [2.75, 3.05) is 13.2 Å². The quantitative estimate of drug-likeness (QED) is 0.812. The van der Waals surface area contributed by atoms with Gasteiger partial charge in [0.2, 0.25) is 0 Å². The minimum atomic E-state index is 0.0515. The molecular formula is C17H27ClN2O. The third-order valence-corrected chi connectivity index (χ3v) is 4.81. The molecule has 3 N–H and O–H groups in total. The molecule has 0 aromatic heterocycles. The Hall–Kier alpha value is -0.610. The molecule has 1 aliphatic rings. The first kappa shape index (κ1) is 16.8. The summed E-state index contributed by atoms with van der Waals surface area (Å²) in [7, 11) is 0. The van der Waals surface area contributed by atoms with E-state index in [1.165, 1.54) is 25.7 Å². The third-order valence-electron chi connectivity index (χ3n) is 4.58. The average Bonchev–Trinajstić information content (AvgIpc) is 3.00. The second-order valence-corrected chi connectivity index (χ2v) is 6.41. The van der Waals surface area contributed by atoms with Gasteiger partial charge in [-0.2, -0.15) is 0 Å². The van der Waals surface area contributed by atoms with Crippen LogP contribution in [0.2, 0.25) is 5.02 Å². The molecule has 2 atom stereocenters. The number of nitrogens with zero attached hydrogens (tertiary/aromatic N) is 1. The van der Waals surface area contributed by atoms with E-state index in [0.29, 0.717) is 12.6 Å². The molecule has 1 aromatic carbocycles. The van der Waals surface area contributed by atoms with Gasteiger partial charge in [-0.3, -0.25) is 4.90 Å². The summed E-state index contributed by atoms with van der Waals surface area (Å²) in [6, 6.07) is 8.70. The van der Waals surface area contributed by atoms with E-state index in [-0.39, 0.29) is 18.7 Å². The lowest BCUT2D eigenvalue weighted by Gasteiger charge is -2.39. The zero-order chi connectivity index (χ0) is 15.2. The van der Waals surface area contributed by atoms with E-state index in [2.05, 4.69) is 17.9 Å². The standard InChI is InChI=1S/C17H27ClN2O/c1-2-16(19)17(13-6-5-7-14(18)12-13)20(10-11-21)15-8-3-4-9-15/h5-7,12,15-17,21H,2-4,8-11,19H2,1H3. The zero-order valence-corrected chi connectivity index (χ0v) is 13.6. The Kier molecular flexibility index (Phi) is 6.49. The van der Waals surface area contributed by atoms with Gasteiger partial charge in [0.05, 0.1) is 12.6 Å². The van der Waals surface area contributed by atoms with Gasteiger partial charge in [0.25, 0.3) is 0 Å². The van der Waals surface area contributed by atoms with Crippen LogP contribution in [0.15, 0.2) is 24.3 Å². The summed E-state index contributed by atoms with van der Waals surface area (Å²) in [5.74, 6) is 0. The van der Waals surface area contributed by atoms with Crippen molar-refractivity contribution < 1.29 is 5.11 Å². The largest absolute Gasteiger partial charge is 0.395 e. The van der Waals surface area contributed by atoms with Gasteiger partial charge in [0.1, 0.15) is 0 Å². The van der Waals surface area contributed by atoms with E-state index in [1.54, 1.807) is 0 Å². The van der Waals surface area contributed by atoms with Gasteiger partial charge in [-0.05, 0) is 37.0 Å². The van der Waals surface area contributed by atoms with Crippen molar-refractivity contribution in [1.82, 2.24) is 4.90 Å². The predicted molar refractivity (Wildman–Crippen MR) is 88.5 cm³/mol. The summed E-state index contributed by atoms with van der Waals surface area (Å²) in [5, 5.41) is 10.2. The summed E-state index contributed by atoms with van der Waals surface area (Å²) in [6.07, 6.45) is 5.86. The van der Waals surface area contributed by atoms with Crippen LogP contribution in [0.25, 0.3) is 0 Å². The molecule has 21 heavy (non-hydrogen) atoms. The molecule has 0 spiro atoms. The average molecular weight is 311 g/mol. The molecule has 1 saturated carbocycles. The fourth-order valence-electron chi connectivity index (χ4n) is 3.50. The Bertz CT molecular complexity index is 435. The lowest BCUT2D eigenvalue weighted by Crippen LogP contribution is -2.46. The molecule has 118 valence electrons. The summed E-state index contributed by atoms with van der Waals surface area (Å²) < 4.78 is 0. The maximum Gasteiger partial charge on any atom is 0.0558 e. The fraction of sp³-hybridized carbons (Fsp3) is 0.647. The molecule has 4 heteroatoms. The van der Waals surface area contributed by atoms with Crippen LogP contribution in [-0.4, -0.2) is 35.2 Å². The SMILES string of the molecule is CCC(N)C(c1cccc(Cl)c1)N(CCO)C1CCCC1. The second-order valence-electron chi connectivity index (χ2n) is 5.97. The van der Waals surface area contributed by atoms with Gasteiger partial charge in [0.15, 0.2) is 0 Å². The maximum atomic E-state index is 9.49. The Morgan fingerprint density at radius 2 is 2.10 bits per heavy atom. The lowest BCUT2D eigenvalue weighted by atomic mass is 9.94. The van der Waals surface area contributed by atoms with E-state index in [0.717, 1.165) is 17.0 Å². The third kappa shape index (κ3) is 4.19. The maximum absolute atomic E-state index is 9.49. The predicted octanol–water partition coefficient (Wildman–Crippen LogP) is 3.36. The molecule has 0 saturated heterocycles. The topological polar surface area (TPSA) is 49.5 Å². The number of aliphatic hydroxyl groups is 1. The lowest BCUT2D eigenvalue weighted by molar-refractivity contribution is 0.0882. The molecule has 0 amide bonds. The van der Waals surface area contributed by atoms with Crippen LogP contribution in [0.5, 0.6) is 0 Å². The fourth-order valence-corrected chi connectivity index (χ4v) is 3.70. The van der Waals surface area contributed by atoms with Crippen molar-refractivity contribution >= 4 is 11.6 Å². The molecule has 2 unspecified atom stereocenters. The number of halogens is 1. The van der Waals surface area contributed by atoms with Crippen molar-refractivity contribution in [2.24, 2.45) is 5.73 Å². The van der Waals surface area contributed by atoms with Crippen molar-refractivity contribution in [2.45, 2.75) is 57.2 Å². The zero-order valence-electron chi connectivity index (χ0n) is 12.8. The Morgan fingerprint density at radius 3 is 2.67 bits per heavy atom. The molecule has 1 aliphatic carbocycles. The van der Waals surface area contributed by atoms with Crippen LogP contribution in [0.1, 0.15) is 50.6 Å². The van der Waals surface area contributed by atoms with Crippen molar-refractivity contribution in [3.8, 4) is 0 Å². The van der Waals surface area contributed by atoms with Gasteiger partial charge in [-0.15, -0.1) is 0 Å². The van der Waals surface area contributed by atoms with Crippen LogP contribution >= 0.6 is 11.6 Å². The Morgan fingerprint density at radius 1 is 1.38 bits per heavy atom. The number of nitrogens with two attached hydrogens (primary N) is 1. The van der Waals surface area contributed by atoms with Gasteiger partial charge in [0, 0.05) is 23.7 Å². The minimum absolute atomic E-state index is 0.0515. The summed E-state index contributed by atoms with van der Waals surface area (Å²) in [6.45, 7) is 2.97. The van der Waals surface area contributed by atoms with Crippen molar-refractivity contribution in [1.29, 1.82) is 0 Å². The minimum Gasteiger partial charge on any atom is -0.395 e. The number of hydrogen-bond acceptors (Lipinski definition) is 3. The molecule has 0 bridgehead atoms. The van der Waals surface area contributed by atoms with E-state index >= 15 is 0 Å². The van der Waals surface area contributed by atoms with Crippen LogP contribution in [0, 0.1) is 0 Å². The number of benzene rings is 1. The molecule has 3 nitrogen and oxygen atoms in total. The highest BCUT2D eigenvalue weighted by Crippen LogP contribution is 2.34. The van der Waals surface area contributed by atoms with Crippen molar-refractivity contribution in [3.63, 3.8) is 0 Å². The summed E-state index contributed by atoms with van der Waals surface area (Å²) in [5.41, 5.74) is 7.60. The first-order valence-corrected chi connectivity index (χ1v) is 8.42. The molecule has 1 aromatic rings. The first-order valence-electron chi connectivity index (χ1n) is 8.05. The summed E-state index contributed by atoms with van der Waals surface area (Å²) in [4.78, 5) is 2.41. The van der Waals surface area contributed by atoms with Gasteiger partial charge >= 0.3 is 0 Å². The highest BCUT2D eigenvalue weighted by Gasteiger charge is 2.32. The Labute approximate surface area is 133 Å². The first-order chi connectivity index (χ1) is 10.2. The molecule has 0 radical (unpaired) electrons. The molecule has 0 heterocycles. The number of rotatable bonds is 7. The molecule has 2 rings (SSSR count). The van der Waals surface area contributed by atoms with E-state index < -0.39 is 0 Å². The van der Waals surface area contributed by atoms with Crippen molar-refractivity contribution in [3.05, 3.63) is 34.9 Å². The smallest absolute Gasteiger partial charge is 0.0558 e. The number of hydrogen-bond donors (Lipinski definition) is 2. The number of aliphatic hydroxyl groups excluding tert-OH is 1. The van der Waals surface area contributed by atoms with E-state index in [9.17, 15) is 5.11 Å². The molecule has 1 fully saturated rings. The Balaban J connectivity index is 2.31. The highest BCUT2D eigenvalue weighted by molar-refractivity contribution is 6.30. The normalized spacial score (nSPS) is 19.1. The van der Waals surface area contributed by atoms with Gasteiger partial charge in [-0.1, -0.05) is 43.5 Å². The molecule has 0 aliphatic heterocycles. The second kappa shape index (κ2) is 8.14. The molecular weight excluding hydrogens is 284 g/mol. The van der Waals surface area contributed by atoms with Crippen LogP contribution < -0.4 is 5.73 Å². The highest BCUT2D eigenvalue weighted by atomic mass is 35.5. The van der Waals surface area contributed by atoms with E-state index in [1.807, 2.05) is 18.2 Å². The van der Waals surface area contributed by atoms with Crippen LogP contribution in [-0.2, 0) is 0 Å². The van der Waals surface area contributed by atoms with Gasteiger partial charge in [-0.25, -0.2) is 0 Å². The van der Waals surface area contributed by atoms with E-state index in [4.69, 9.17) is 17.3 Å². The van der Waals surface area contributed by atoms with Gasteiger partial charge < -0.3 is 10.8 Å². The monoisotopic (exact) mass is 310 g/mol. The summed E-state index contributed by atoms with van der Waals surface area (Å²) >= 11 is 6.17.